The number of nitrogens with two attached hydrogens (primary N) is 1. The molecule has 1 saturated heterocycles. The third-order valence-corrected chi connectivity index (χ3v) is 8.16. The number of urea groups is 1. The lowest BCUT2D eigenvalue weighted by atomic mass is 9.92. The Kier molecular flexibility index (Phi) is 8.35. The third-order valence-electron chi connectivity index (χ3n) is 8.16. The van der Waals surface area contributed by atoms with Gasteiger partial charge in [-0.2, -0.15) is 0 Å². The van der Waals surface area contributed by atoms with Crippen molar-refractivity contribution in [3.05, 3.63) is 65.7 Å². The van der Waals surface area contributed by atoms with Gasteiger partial charge in [-0.25, -0.2) is 20.4 Å². The van der Waals surface area contributed by atoms with Crippen molar-refractivity contribution in [2.24, 2.45) is 5.84 Å². The fourth-order valence-electron chi connectivity index (χ4n) is 6.09. The van der Waals surface area contributed by atoms with Crippen LogP contribution in [0.25, 0.3) is 0 Å². The number of esters is 1. The molecule has 0 bridgehead atoms. The maximum atomic E-state index is 14.2. The maximum Gasteiger partial charge on any atom is 0.331 e. The molecule has 2 fully saturated rings. The summed E-state index contributed by atoms with van der Waals surface area (Å²) in [5.41, 5.74) is 1.88. The lowest BCUT2D eigenvalue weighted by molar-refractivity contribution is -0.168. The van der Waals surface area contributed by atoms with Crippen LogP contribution in [0.1, 0.15) is 56.1 Å². The van der Waals surface area contributed by atoms with Gasteiger partial charge in [0.2, 0.25) is 0 Å². The molecule has 2 aromatic rings. The van der Waals surface area contributed by atoms with Crippen LogP contribution >= 0.6 is 0 Å². The van der Waals surface area contributed by atoms with Gasteiger partial charge in [0.1, 0.15) is 6.04 Å². The summed E-state index contributed by atoms with van der Waals surface area (Å²) in [5.74, 6) is 3.94. The van der Waals surface area contributed by atoms with E-state index in [0.717, 1.165) is 42.7 Å². The van der Waals surface area contributed by atoms with Crippen molar-refractivity contribution in [1.82, 2.24) is 14.7 Å². The topological polar surface area (TPSA) is 116 Å². The van der Waals surface area contributed by atoms with Crippen molar-refractivity contribution in [2.75, 3.05) is 18.6 Å². The fourth-order valence-corrected chi connectivity index (χ4v) is 6.09. The van der Waals surface area contributed by atoms with Crippen LogP contribution in [0.2, 0.25) is 0 Å². The number of hydrogen-bond donors (Lipinski definition) is 1. The molecule has 1 saturated carbocycles. The standard InChI is InChI=1S/C30H37N5O5/c1-32(20-21-11-4-2-5-12-21)30(39)34(23-14-6-3-7-15-23)25-19-22-13-8-9-16-24(22)35(31)28(37)27(36)33-18-10-17-26(33)40-29(25)38/h2,4-5,8-9,11-13,16,23,25-26H,3,6-7,10,14-15,17-20,31H2,1H3. The largest absolute Gasteiger partial charge is 0.440 e. The number of hydrazine groups is 1. The first-order valence-corrected chi connectivity index (χ1v) is 14.1. The predicted molar refractivity (Wildman–Crippen MR) is 148 cm³/mol. The number of amides is 4. The van der Waals surface area contributed by atoms with E-state index >= 15 is 0 Å². The van der Waals surface area contributed by atoms with E-state index in [1.165, 1.54) is 4.90 Å². The molecule has 5 rings (SSSR count). The molecule has 0 radical (unpaired) electrons. The zero-order valence-corrected chi connectivity index (χ0v) is 22.9. The van der Waals surface area contributed by atoms with E-state index in [2.05, 4.69) is 0 Å². The summed E-state index contributed by atoms with van der Waals surface area (Å²) in [5, 5.41) is 0.855. The quantitative estimate of drug-likeness (QED) is 0.272. The van der Waals surface area contributed by atoms with Gasteiger partial charge in [-0.15, -0.1) is 0 Å². The van der Waals surface area contributed by atoms with Crippen molar-refractivity contribution in [3.63, 3.8) is 0 Å². The molecule has 2 atom stereocenters. The summed E-state index contributed by atoms with van der Waals surface area (Å²) in [6.07, 6.45) is 4.80. The van der Waals surface area contributed by atoms with Crippen LogP contribution in [-0.2, 0) is 32.1 Å². The van der Waals surface area contributed by atoms with E-state index in [9.17, 15) is 19.2 Å². The van der Waals surface area contributed by atoms with E-state index in [1.807, 2.05) is 30.3 Å². The number of fused-ring (bicyclic) bond motifs is 2. The molecule has 2 aromatic carbocycles. The van der Waals surface area contributed by atoms with Gasteiger partial charge in [-0.3, -0.25) is 14.5 Å². The molecule has 0 spiro atoms. The SMILES string of the molecule is CN(Cc1ccccc1)C(=O)N(C1CCCCC1)C1Cc2ccccc2N(N)C(=O)C(=O)N2CCCC2OC1=O. The summed E-state index contributed by atoms with van der Waals surface area (Å²) < 4.78 is 5.95. The number of hydrogen-bond acceptors (Lipinski definition) is 6. The fraction of sp³-hybridized carbons (Fsp3) is 0.467. The van der Waals surface area contributed by atoms with Crippen molar-refractivity contribution < 1.29 is 23.9 Å². The highest BCUT2D eigenvalue weighted by Gasteiger charge is 2.43. The molecule has 4 amide bonds. The molecular formula is C30H37N5O5. The van der Waals surface area contributed by atoms with E-state index < -0.39 is 30.1 Å². The van der Waals surface area contributed by atoms with Crippen LogP contribution in [0.15, 0.2) is 54.6 Å². The number of rotatable bonds is 4. The Morgan fingerprint density at radius 2 is 1.62 bits per heavy atom. The Morgan fingerprint density at radius 1 is 0.925 bits per heavy atom. The number of benzene rings is 2. The predicted octanol–water partition coefficient (Wildman–Crippen LogP) is 3.20. The highest BCUT2D eigenvalue weighted by atomic mass is 16.6. The number of ether oxygens (including phenoxy) is 1. The molecule has 0 aromatic heterocycles. The molecule has 10 heteroatoms. The average molecular weight is 548 g/mol. The van der Waals surface area contributed by atoms with Crippen LogP contribution in [0.3, 0.4) is 0 Å². The number of anilines is 1. The molecule has 2 unspecified atom stereocenters. The lowest BCUT2D eigenvalue weighted by Gasteiger charge is -2.41. The average Bonchev–Trinajstić information content (AvgIpc) is 3.44. The van der Waals surface area contributed by atoms with Gasteiger partial charge in [-0.05, 0) is 36.5 Å². The number of para-hydroxylation sites is 1. The van der Waals surface area contributed by atoms with Crippen molar-refractivity contribution >= 4 is 29.5 Å². The van der Waals surface area contributed by atoms with Crippen LogP contribution in [0.4, 0.5) is 10.5 Å². The molecular weight excluding hydrogens is 510 g/mol. The minimum absolute atomic E-state index is 0.0955. The molecule has 3 aliphatic rings. The van der Waals surface area contributed by atoms with Crippen LogP contribution < -0.4 is 10.9 Å². The number of carbonyl (C=O) groups excluding carboxylic acids is 4. The van der Waals surface area contributed by atoms with Gasteiger partial charge in [0.25, 0.3) is 0 Å². The van der Waals surface area contributed by atoms with Crippen molar-refractivity contribution in [3.8, 4) is 0 Å². The molecule has 40 heavy (non-hydrogen) atoms. The van der Waals surface area contributed by atoms with Gasteiger partial charge in [-0.1, -0.05) is 67.8 Å². The third kappa shape index (κ3) is 5.67. The Labute approximate surface area is 234 Å². The number of carbonyl (C=O) groups is 4. The van der Waals surface area contributed by atoms with E-state index in [1.54, 1.807) is 41.1 Å². The second-order valence-electron chi connectivity index (χ2n) is 10.9. The van der Waals surface area contributed by atoms with Gasteiger partial charge in [0.05, 0.1) is 5.69 Å². The van der Waals surface area contributed by atoms with Crippen molar-refractivity contribution in [1.29, 1.82) is 0 Å². The molecule has 2 aliphatic heterocycles. The summed E-state index contributed by atoms with van der Waals surface area (Å²) in [6.45, 7) is 0.672. The Hall–Kier alpha value is -3.92. The van der Waals surface area contributed by atoms with Crippen LogP contribution in [0.5, 0.6) is 0 Å². The van der Waals surface area contributed by atoms with Crippen LogP contribution in [-0.4, -0.2) is 70.4 Å². The van der Waals surface area contributed by atoms with Gasteiger partial charge in [0, 0.05) is 39.0 Å². The number of nitrogens with zero attached hydrogens (tertiary/aromatic N) is 4. The monoisotopic (exact) mass is 547 g/mol. The Balaban J connectivity index is 1.55. The smallest absolute Gasteiger partial charge is 0.331 e. The molecule has 10 nitrogen and oxygen atoms in total. The van der Waals surface area contributed by atoms with Gasteiger partial charge >= 0.3 is 23.8 Å². The van der Waals surface area contributed by atoms with Gasteiger partial charge in [0.15, 0.2) is 6.23 Å². The summed E-state index contributed by atoms with van der Waals surface area (Å²) in [7, 11) is 1.74. The van der Waals surface area contributed by atoms with E-state index in [-0.39, 0.29) is 25.0 Å². The lowest BCUT2D eigenvalue weighted by Crippen LogP contribution is -2.57. The zero-order valence-electron chi connectivity index (χ0n) is 22.9. The van der Waals surface area contributed by atoms with E-state index in [0.29, 0.717) is 30.6 Å². The molecule has 2 heterocycles. The summed E-state index contributed by atoms with van der Waals surface area (Å²) in [6, 6.07) is 15.3. The minimum Gasteiger partial charge on any atom is -0.440 e. The molecule has 212 valence electrons. The highest BCUT2D eigenvalue weighted by molar-refractivity contribution is 6.40. The first-order chi connectivity index (χ1) is 19.3. The second-order valence-corrected chi connectivity index (χ2v) is 10.9. The second kappa shape index (κ2) is 12.1. The molecule has 2 N–H and O–H groups in total. The highest BCUT2D eigenvalue weighted by Crippen LogP contribution is 2.31. The first-order valence-electron chi connectivity index (χ1n) is 14.1. The molecule has 1 aliphatic carbocycles. The van der Waals surface area contributed by atoms with Crippen LogP contribution in [0, 0.1) is 0 Å². The Morgan fingerprint density at radius 3 is 2.38 bits per heavy atom. The summed E-state index contributed by atoms with van der Waals surface area (Å²) >= 11 is 0. The minimum atomic E-state index is -0.964. The maximum absolute atomic E-state index is 14.2. The first kappa shape index (κ1) is 27.6. The Bertz CT molecular complexity index is 1250. The van der Waals surface area contributed by atoms with Gasteiger partial charge < -0.3 is 14.5 Å². The normalized spacial score (nSPS) is 22.2. The zero-order chi connectivity index (χ0) is 28.2. The van der Waals surface area contributed by atoms with Crippen molar-refractivity contribution in [2.45, 2.75) is 76.2 Å². The summed E-state index contributed by atoms with van der Waals surface area (Å²) in [4.78, 5) is 59.1. The van der Waals surface area contributed by atoms with E-state index in [4.69, 9.17) is 10.6 Å².